The highest BCUT2D eigenvalue weighted by Gasteiger charge is 2.33. The fraction of sp³-hybridized carbons (Fsp3) is 0.923. The molecule has 1 fully saturated rings. The summed E-state index contributed by atoms with van der Waals surface area (Å²) in [6.45, 7) is 2.10. The minimum Gasteiger partial charge on any atom is -0.369 e. The van der Waals surface area contributed by atoms with Gasteiger partial charge in [-0.25, -0.2) is 0 Å². The average molecular weight is 305 g/mol. The minimum atomic E-state index is -3.60. The van der Waals surface area contributed by atoms with Gasteiger partial charge < -0.3 is 5.73 Å². The van der Waals surface area contributed by atoms with Crippen molar-refractivity contribution in [2.45, 2.75) is 57.9 Å². The summed E-state index contributed by atoms with van der Waals surface area (Å²) in [4.78, 5) is 11.1. The van der Waals surface area contributed by atoms with Crippen molar-refractivity contribution in [2.24, 2.45) is 5.73 Å². The van der Waals surface area contributed by atoms with Crippen LogP contribution in [-0.4, -0.2) is 49.1 Å². The Morgan fingerprint density at radius 3 is 2.35 bits per heavy atom. The third-order valence-electron chi connectivity index (χ3n) is 3.87. The van der Waals surface area contributed by atoms with Crippen LogP contribution in [0.4, 0.5) is 0 Å². The Kier molecular flexibility index (Phi) is 6.91. The minimum absolute atomic E-state index is 0.0470. The van der Waals surface area contributed by atoms with Crippen LogP contribution in [0.25, 0.3) is 0 Å². The van der Waals surface area contributed by atoms with Crippen molar-refractivity contribution in [3.8, 4) is 0 Å². The summed E-state index contributed by atoms with van der Waals surface area (Å²) in [6.07, 6.45) is 6.70. The first-order valence-corrected chi connectivity index (χ1v) is 8.80. The number of carbonyl (C=O) groups is 1. The monoisotopic (exact) mass is 305 g/mol. The quantitative estimate of drug-likeness (QED) is 0.728. The summed E-state index contributed by atoms with van der Waals surface area (Å²) in [5.41, 5.74) is 5.18. The molecule has 7 heteroatoms. The summed E-state index contributed by atoms with van der Waals surface area (Å²) in [6, 6.07) is 0.0470. The summed E-state index contributed by atoms with van der Waals surface area (Å²) in [7, 11) is -1.99. The van der Waals surface area contributed by atoms with E-state index >= 15 is 0 Å². The molecule has 6 nitrogen and oxygen atoms in total. The maximum Gasteiger partial charge on any atom is 0.282 e. The van der Waals surface area contributed by atoms with Gasteiger partial charge in [0.15, 0.2) is 0 Å². The lowest BCUT2D eigenvalue weighted by molar-refractivity contribution is -0.118. The predicted octanol–water partition coefficient (Wildman–Crippen LogP) is 1.08. The highest BCUT2D eigenvalue weighted by molar-refractivity contribution is 7.86. The number of hydrogen-bond acceptors (Lipinski definition) is 3. The lowest BCUT2D eigenvalue weighted by Crippen LogP contribution is -2.49. The Bertz CT molecular complexity index is 405. The van der Waals surface area contributed by atoms with Crippen molar-refractivity contribution in [1.82, 2.24) is 8.61 Å². The number of primary amides is 1. The Labute approximate surface area is 122 Å². The van der Waals surface area contributed by atoms with Crippen LogP contribution in [-0.2, 0) is 15.0 Å². The van der Waals surface area contributed by atoms with E-state index in [9.17, 15) is 13.2 Å². The van der Waals surface area contributed by atoms with Gasteiger partial charge in [-0.15, -0.1) is 0 Å². The Hall–Kier alpha value is -0.660. The predicted molar refractivity (Wildman–Crippen MR) is 79.2 cm³/mol. The standard InChI is InChI=1S/C13H27N3O3S/c1-3-4-10-16(11-13(14)17)20(18,19)15(2)12-8-6-5-7-9-12/h12H,3-11H2,1-2H3,(H2,14,17). The normalized spacial score (nSPS) is 17.8. The summed E-state index contributed by atoms with van der Waals surface area (Å²) in [5, 5.41) is 0. The summed E-state index contributed by atoms with van der Waals surface area (Å²) >= 11 is 0. The SMILES string of the molecule is CCCCN(CC(N)=O)S(=O)(=O)N(C)C1CCCCC1. The third kappa shape index (κ3) is 4.71. The van der Waals surface area contributed by atoms with Crippen LogP contribution in [0.2, 0.25) is 0 Å². The van der Waals surface area contributed by atoms with Crippen LogP contribution in [0.15, 0.2) is 0 Å². The van der Waals surface area contributed by atoms with E-state index in [1.165, 1.54) is 15.0 Å². The molecule has 1 saturated carbocycles. The molecule has 0 aromatic carbocycles. The third-order valence-corrected chi connectivity index (χ3v) is 5.86. The van der Waals surface area contributed by atoms with Gasteiger partial charge in [0.2, 0.25) is 5.91 Å². The van der Waals surface area contributed by atoms with Gasteiger partial charge in [-0.1, -0.05) is 32.6 Å². The number of hydrogen-bond donors (Lipinski definition) is 1. The molecule has 0 saturated heterocycles. The van der Waals surface area contributed by atoms with Crippen LogP contribution < -0.4 is 5.73 Å². The van der Waals surface area contributed by atoms with Gasteiger partial charge in [-0.3, -0.25) is 4.79 Å². The van der Waals surface area contributed by atoms with Crippen molar-refractivity contribution in [1.29, 1.82) is 0 Å². The maximum atomic E-state index is 12.6. The molecule has 1 rings (SSSR count). The molecule has 1 amide bonds. The van der Waals surface area contributed by atoms with E-state index in [0.29, 0.717) is 6.54 Å². The number of nitrogens with two attached hydrogens (primary N) is 1. The van der Waals surface area contributed by atoms with Crippen molar-refractivity contribution in [3.05, 3.63) is 0 Å². The van der Waals surface area contributed by atoms with E-state index in [4.69, 9.17) is 5.73 Å². The Morgan fingerprint density at radius 2 is 1.85 bits per heavy atom. The zero-order valence-corrected chi connectivity index (χ0v) is 13.4. The molecule has 0 aliphatic heterocycles. The fourth-order valence-electron chi connectivity index (χ4n) is 2.60. The van der Waals surface area contributed by atoms with Crippen LogP contribution in [0.5, 0.6) is 0 Å². The number of nitrogens with zero attached hydrogens (tertiary/aromatic N) is 2. The molecule has 0 bridgehead atoms. The van der Waals surface area contributed by atoms with Crippen molar-refractivity contribution in [2.75, 3.05) is 20.1 Å². The largest absolute Gasteiger partial charge is 0.369 e. The fourth-order valence-corrected chi connectivity index (χ4v) is 4.20. The second-order valence-corrected chi connectivity index (χ2v) is 7.46. The van der Waals surface area contributed by atoms with Gasteiger partial charge in [-0.2, -0.15) is 17.0 Å². The molecule has 118 valence electrons. The van der Waals surface area contributed by atoms with Crippen LogP contribution in [0.1, 0.15) is 51.9 Å². The van der Waals surface area contributed by atoms with E-state index in [1.54, 1.807) is 7.05 Å². The molecule has 0 spiro atoms. The topological polar surface area (TPSA) is 83.7 Å². The molecule has 0 unspecified atom stereocenters. The number of carbonyl (C=O) groups excluding carboxylic acids is 1. The molecule has 0 radical (unpaired) electrons. The van der Waals surface area contributed by atoms with Gasteiger partial charge in [0.1, 0.15) is 0 Å². The molecule has 0 atom stereocenters. The van der Waals surface area contributed by atoms with Crippen LogP contribution in [0.3, 0.4) is 0 Å². The second kappa shape index (κ2) is 7.95. The lowest BCUT2D eigenvalue weighted by Gasteiger charge is -2.34. The molecule has 0 aromatic heterocycles. The highest BCUT2D eigenvalue weighted by atomic mass is 32.2. The first-order chi connectivity index (χ1) is 9.39. The molecule has 0 heterocycles. The van der Waals surface area contributed by atoms with E-state index in [1.807, 2.05) is 6.92 Å². The van der Waals surface area contributed by atoms with Crippen molar-refractivity contribution in [3.63, 3.8) is 0 Å². The van der Waals surface area contributed by atoms with Gasteiger partial charge in [0.25, 0.3) is 10.2 Å². The van der Waals surface area contributed by atoms with Crippen LogP contribution >= 0.6 is 0 Å². The van der Waals surface area contributed by atoms with Gasteiger partial charge in [0.05, 0.1) is 6.54 Å². The van der Waals surface area contributed by atoms with Crippen LogP contribution in [0, 0.1) is 0 Å². The molecular formula is C13H27N3O3S. The van der Waals surface area contributed by atoms with Crippen molar-refractivity contribution >= 4 is 16.1 Å². The number of rotatable bonds is 8. The van der Waals surface area contributed by atoms with Gasteiger partial charge >= 0.3 is 0 Å². The maximum absolute atomic E-state index is 12.6. The van der Waals surface area contributed by atoms with E-state index < -0.39 is 16.1 Å². The van der Waals surface area contributed by atoms with Gasteiger partial charge in [-0.05, 0) is 19.3 Å². The second-order valence-electron chi connectivity index (χ2n) is 5.47. The highest BCUT2D eigenvalue weighted by Crippen LogP contribution is 2.24. The zero-order chi connectivity index (χ0) is 15.2. The number of amides is 1. The Morgan fingerprint density at radius 1 is 1.25 bits per heavy atom. The van der Waals surface area contributed by atoms with E-state index in [-0.39, 0.29) is 12.6 Å². The molecule has 20 heavy (non-hydrogen) atoms. The average Bonchev–Trinajstić information content (AvgIpc) is 2.43. The summed E-state index contributed by atoms with van der Waals surface area (Å²) < 4.78 is 27.9. The number of unbranched alkanes of at least 4 members (excludes halogenated alkanes) is 1. The smallest absolute Gasteiger partial charge is 0.282 e. The molecule has 0 aromatic rings. The van der Waals surface area contributed by atoms with Gasteiger partial charge in [0, 0.05) is 19.6 Å². The lowest BCUT2D eigenvalue weighted by atomic mass is 9.96. The molecule has 2 N–H and O–H groups in total. The van der Waals surface area contributed by atoms with E-state index in [0.717, 1.165) is 38.5 Å². The zero-order valence-electron chi connectivity index (χ0n) is 12.5. The van der Waals surface area contributed by atoms with E-state index in [2.05, 4.69) is 0 Å². The summed E-state index contributed by atoms with van der Waals surface area (Å²) in [5.74, 6) is -0.610. The molecule has 1 aliphatic rings. The first kappa shape index (κ1) is 17.4. The molecular weight excluding hydrogens is 278 g/mol. The first-order valence-electron chi connectivity index (χ1n) is 7.41. The molecule has 1 aliphatic carbocycles. The Balaban J connectivity index is 2.80. The van der Waals surface area contributed by atoms with Crippen molar-refractivity contribution < 1.29 is 13.2 Å².